The van der Waals surface area contributed by atoms with Crippen LogP contribution in [0.2, 0.25) is 0 Å². The van der Waals surface area contributed by atoms with Crippen LogP contribution in [0.1, 0.15) is 80.7 Å². The minimum atomic E-state index is -0.774. The second-order valence-corrected chi connectivity index (χ2v) is 8.04. The van der Waals surface area contributed by atoms with Crippen LogP contribution in [0.3, 0.4) is 0 Å². The van der Waals surface area contributed by atoms with Gasteiger partial charge in [-0.05, 0) is 69.9 Å². The first-order valence-electron chi connectivity index (χ1n) is 11.0. The standard InChI is InChI=1S/C22H30O2.C3H8.C2H6/c1-7-17(3)22(5,14-18-8-10-19(24-6)11-9-18)20-15-21(4,23)13-12-16(20)2;1-3-2;1-2/h7-12,15,23H,13-14H2,1-6H3;3H2,1-2H3;1-2H3/b17-7+;;. The molecule has 2 nitrogen and oxygen atoms in total. The van der Waals surface area contributed by atoms with Crippen molar-refractivity contribution in [2.75, 3.05) is 7.11 Å². The van der Waals surface area contributed by atoms with Crippen molar-refractivity contribution < 1.29 is 9.84 Å². The molecule has 2 heteroatoms. The van der Waals surface area contributed by atoms with Crippen LogP contribution in [-0.4, -0.2) is 17.8 Å². The maximum absolute atomic E-state index is 10.6. The van der Waals surface area contributed by atoms with Gasteiger partial charge in [0.25, 0.3) is 0 Å². The van der Waals surface area contributed by atoms with Gasteiger partial charge < -0.3 is 9.84 Å². The summed E-state index contributed by atoms with van der Waals surface area (Å²) in [5, 5.41) is 10.6. The summed E-state index contributed by atoms with van der Waals surface area (Å²) in [6.45, 7) is 18.8. The highest BCUT2D eigenvalue weighted by Crippen LogP contribution is 2.45. The summed E-state index contributed by atoms with van der Waals surface area (Å²) >= 11 is 0. The van der Waals surface area contributed by atoms with Gasteiger partial charge in [-0.15, -0.1) is 0 Å². The zero-order valence-electron chi connectivity index (χ0n) is 20.5. The topological polar surface area (TPSA) is 29.5 Å². The lowest BCUT2D eigenvalue weighted by Crippen LogP contribution is -2.31. The molecule has 0 aliphatic heterocycles. The van der Waals surface area contributed by atoms with E-state index in [1.807, 2.05) is 32.9 Å². The number of ether oxygens (including phenoxy) is 1. The van der Waals surface area contributed by atoms with Gasteiger partial charge in [-0.1, -0.05) is 76.5 Å². The molecule has 164 valence electrons. The van der Waals surface area contributed by atoms with Crippen molar-refractivity contribution in [3.8, 4) is 5.75 Å². The maximum atomic E-state index is 10.6. The summed E-state index contributed by atoms with van der Waals surface area (Å²) in [4.78, 5) is 0. The molecule has 29 heavy (non-hydrogen) atoms. The molecule has 1 aliphatic rings. The van der Waals surface area contributed by atoms with Crippen LogP contribution in [0.5, 0.6) is 5.75 Å². The Morgan fingerprint density at radius 1 is 1.21 bits per heavy atom. The molecule has 1 N–H and O–H groups in total. The Morgan fingerprint density at radius 2 is 1.72 bits per heavy atom. The highest BCUT2D eigenvalue weighted by molar-refractivity contribution is 5.46. The number of allylic oxidation sites excluding steroid dienone is 4. The Morgan fingerprint density at radius 3 is 2.17 bits per heavy atom. The first-order valence-corrected chi connectivity index (χ1v) is 11.0. The zero-order valence-corrected chi connectivity index (χ0v) is 20.5. The molecule has 0 saturated carbocycles. The van der Waals surface area contributed by atoms with Gasteiger partial charge in [0.05, 0.1) is 12.7 Å². The van der Waals surface area contributed by atoms with E-state index in [4.69, 9.17) is 4.74 Å². The summed E-state index contributed by atoms with van der Waals surface area (Å²) in [5.74, 6) is 0.874. The maximum Gasteiger partial charge on any atom is 0.118 e. The summed E-state index contributed by atoms with van der Waals surface area (Å²) in [7, 11) is 1.69. The average Bonchev–Trinajstić information content (AvgIpc) is 2.71. The molecule has 1 aromatic carbocycles. The van der Waals surface area contributed by atoms with E-state index in [0.717, 1.165) is 12.2 Å². The monoisotopic (exact) mass is 400 g/mol. The summed E-state index contributed by atoms with van der Waals surface area (Å²) in [5.41, 5.74) is 4.15. The van der Waals surface area contributed by atoms with Crippen molar-refractivity contribution >= 4 is 0 Å². The molecule has 2 atom stereocenters. The van der Waals surface area contributed by atoms with Crippen LogP contribution >= 0.6 is 0 Å². The molecule has 0 bridgehead atoms. The van der Waals surface area contributed by atoms with Crippen LogP contribution < -0.4 is 4.74 Å². The van der Waals surface area contributed by atoms with Crippen LogP contribution in [-0.2, 0) is 6.42 Å². The molecule has 0 aromatic heterocycles. The fourth-order valence-corrected chi connectivity index (χ4v) is 3.47. The zero-order chi connectivity index (χ0) is 22.7. The van der Waals surface area contributed by atoms with E-state index in [-0.39, 0.29) is 5.41 Å². The third kappa shape index (κ3) is 7.85. The lowest BCUT2D eigenvalue weighted by Gasteiger charge is -2.39. The molecule has 0 spiro atoms. The number of methoxy groups -OCH3 is 1. The Labute approximate surface area is 180 Å². The summed E-state index contributed by atoms with van der Waals surface area (Å²) < 4.78 is 5.26. The fraction of sp³-hybridized carbons (Fsp3) is 0.556. The number of rotatable bonds is 5. The van der Waals surface area contributed by atoms with Crippen molar-refractivity contribution in [1.82, 2.24) is 0 Å². The van der Waals surface area contributed by atoms with Crippen molar-refractivity contribution in [1.29, 1.82) is 0 Å². The highest BCUT2D eigenvalue weighted by Gasteiger charge is 2.35. The second-order valence-electron chi connectivity index (χ2n) is 8.04. The van der Waals surface area contributed by atoms with Gasteiger partial charge in [0.1, 0.15) is 5.75 Å². The van der Waals surface area contributed by atoms with E-state index in [2.05, 4.69) is 71.9 Å². The quantitative estimate of drug-likeness (QED) is 0.513. The number of benzene rings is 1. The van der Waals surface area contributed by atoms with Crippen LogP contribution in [0, 0.1) is 5.41 Å². The second kappa shape index (κ2) is 12.7. The van der Waals surface area contributed by atoms with Gasteiger partial charge in [0.2, 0.25) is 0 Å². The van der Waals surface area contributed by atoms with Crippen LogP contribution in [0.15, 0.2) is 59.2 Å². The lowest BCUT2D eigenvalue weighted by atomic mass is 9.66. The largest absolute Gasteiger partial charge is 0.497 e. The smallest absolute Gasteiger partial charge is 0.118 e. The number of hydrogen-bond donors (Lipinski definition) is 1. The van der Waals surface area contributed by atoms with Crippen molar-refractivity contribution in [2.45, 2.75) is 87.2 Å². The summed E-state index contributed by atoms with van der Waals surface area (Å²) in [6, 6.07) is 8.27. The van der Waals surface area contributed by atoms with Crippen molar-refractivity contribution in [3.63, 3.8) is 0 Å². The normalized spacial score (nSPS) is 20.7. The van der Waals surface area contributed by atoms with Crippen molar-refractivity contribution in [3.05, 3.63) is 64.8 Å². The third-order valence-corrected chi connectivity index (χ3v) is 5.32. The summed E-state index contributed by atoms with van der Waals surface area (Å²) in [6.07, 6.45) is 9.21. The Kier molecular flexibility index (Phi) is 11.9. The molecule has 1 aromatic rings. The van der Waals surface area contributed by atoms with Crippen molar-refractivity contribution in [2.24, 2.45) is 5.41 Å². The molecule has 0 radical (unpaired) electrons. The molecule has 0 heterocycles. The van der Waals surface area contributed by atoms with E-state index in [9.17, 15) is 5.11 Å². The van der Waals surface area contributed by atoms with Gasteiger partial charge >= 0.3 is 0 Å². The molecular formula is C27H44O2. The molecule has 1 aliphatic carbocycles. The van der Waals surface area contributed by atoms with Gasteiger partial charge in [-0.2, -0.15) is 0 Å². The third-order valence-electron chi connectivity index (χ3n) is 5.32. The molecule has 2 unspecified atom stereocenters. The molecular weight excluding hydrogens is 356 g/mol. The van der Waals surface area contributed by atoms with Gasteiger partial charge in [-0.25, -0.2) is 0 Å². The molecule has 0 amide bonds. The van der Waals surface area contributed by atoms with Gasteiger partial charge in [0.15, 0.2) is 0 Å². The van der Waals surface area contributed by atoms with Gasteiger partial charge in [0, 0.05) is 5.41 Å². The fourth-order valence-electron chi connectivity index (χ4n) is 3.47. The van der Waals surface area contributed by atoms with E-state index < -0.39 is 5.60 Å². The lowest BCUT2D eigenvalue weighted by molar-refractivity contribution is 0.111. The van der Waals surface area contributed by atoms with E-state index in [1.54, 1.807) is 7.11 Å². The molecule has 0 saturated heterocycles. The van der Waals surface area contributed by atoms with Gasteiger partial charge in [-0.3, -0.25) is 0 Å². The van der Waals surface area contributed by atoms with Crippen LogP contribution in [0.25, 0.3) is 0 Å². The van der Waals surface area contributed by atoms with E-state index in [0.29, 0.717) is 6.42 Å². The predicted octanol–water partition coefficient (Wildman–Crippen LogP) is 7.68. The number of aliphatic hydroxyl groups is 1. The first-order chi connectivity index (χ1) is 13.6. The Hall–Kier alpha value is -1.80. The first kappa shape index (κ1) is 27.2. The molecule has 2 rings (SSSR count). The number of hydrogen-bond acceptors (Lipinski definition) is 2. The van der Waals surface area contributed by atoms with E-state index >= 15 is 0 Å². The van der Waals surface area contributed by atoms with E-state index in [1.165, 1.54) is 28.7 Å². The Bertz CT molecular complexity index is 690. The van der Waals surface area contributed by atoms with Crippen LogP contribution in [0.4, 0.5) is 0 Å². The Balaban J connectivity index is 0.00000143. The molecule has 0 fully saturated rings. The predicted molar refractivity (Wildman–Crippen MR) is 129 cm³/mol. The minimum absolute atomic E-state index is 0.145. The SMILES string of the molecule is C/C=C(\C)C(C)(Cc1ccc(OC)cc1)C1=CC(C)(O)CC=C1C.CC.CCC. The minimum Gasteiger partial charge on any atom is -0.497 e. The average molecular weight is 401 g/mol. The highest BCUT2D eigenvalue weighted by atomic mass is 16.5.